The van der Waals surface area contributed by atoms with Gasteiger partial charge in [-0.1, -0.05) is 19.9 Å². The fraction of sp³-hybridized carbons (Fsp3) is 0.533. The molecule has 0 aliphatic carbocycles. The number of rotatable bonds is 6. The van der Waals surface area contributed by atoms with Gasteiger partial charge in [-0.05, 0) is 30.0 Å². The van der Waals surface area contributed by atoms with Crippen LogP contribution in [0.2, 0.25) is 0 Å². The summed E-state index contributed by atoms with van der Waals surface area (Å²) in [5.74, 6) is 1.31. The number of carbonyl (C=O) groups is 1. The Bertz CT molecular complexity index is 428. The zero-order valence-corrected chi connectivity index (χ0v) is 12.3. The number of hydrogen-bond donors (Lipinski definition) is 1. The molecule has 0 unspecified atom stereocenters. The number of nitrogens with zero attached hydrogens (tertiary/aromatic N) is 1. The lowest BCUT2D eigenvalue weighted by Gasteiger charge is -2.13. The maximum atomic E-state index is 11.5. The number of nitrogens with two attached hydrogens (primary N) is 1. The summed E-state index contributed by atoms with van der Waals surface area (Å²) in [5.41, 5.74) is 7.65. The summed E-state index contributed by atoms with van der Waals surface area (Å²) in [4.78, 5) is 13.1. The third kappa shape index (κ3) is 5.20. The van der Waals surface area contributed by atoms with Crippen molar-refractivity contribution in [2.45, 2.75) is 26.7 Å². The molecule has 0 bridgehead atoms. The van der Waals surface area contributed by atoms with Gasteiger partial charge in [-0.2, -0.15) is 0 Å². The Labute approximate surface area is 115 Å². The van der Waals surface area contributed by atoms with Gasteiger partial charge in [-0.15, -0.1) is 0 Å². The summed E-state index contributed by atoms with van der Waals surface area (Å²) in [6, 6.07) is 5.74. The smallest absolute Gasteiger partial charge is 0.222 e. The number of amides is 1. The van der Waals surface area contributed by atoms with Crippen LogP contribution in [0.15, 0.2) is 18.2 Å². The number of nitrogen functional groups attached to an aromatic ring is 1. The van der Waals surface area contributed by atoms with Gasteiger partial charge in [0.05, 0.1) is 12.3 Å². The molecule has 19 heavy (non-hydrogen) atoms. The number of ether oxygens (including phenoxy) is 1. The van der Waals surface area contributed by atoms with Crippen molar-refractivity contribution in [2.75, 3.05) is 26.4 Å². The predicted octanol–water partition coefficient (Wildman–Crippen LogP) is 2.32. The highest BCUT2D eigenvalue weighted by atomic mass is 16.5. The van der Waals surface area contributed by atoms with E-state index in [9.17, 15) is 4.79 Å². The summed E-state index contributed by atoms with van der Waals surface area (Å²) < 4.78 is 5.62. The zero-order chi connectivity index (χ0) is 14.4. The van der Waals surface area contributed by atoms with Gasteiger partial charge in [0.1, 0.15) is 5.75 Å². The van der Waals surface area contributed by atoms with Crippen molar-refractivity contribution in [3.05, 3.63) is 23.8 Å². The van der Waals surface area contributed by atoms with E-state index in [1.807, 2.05) is 18.2 Å². The molecule has 1 rings (SSSR count). The minimum Gasteiger partial charge on any atom is -0.491 e. The van der Waals surface area contributed by atoms with Gasteiger partial charge in [-0.3, -0.25) is 4.79 Å². The molecule has 1 aromatic rings. The monoisotopic (exact) mass is 264 g/mol. The third-order valence-electron chi connectivity index (χ3n) is 2.77. The van der Waals surface area contributed by atoms with Crippen molar-refractivity contribution < 1.29 is 9.53 Å². The highest BCUT2D eigenvalue weighted by Crippen LogP contribution is 2.23. The van der Waals surface area contributed by atoms with Crippen LogP contribution in [0.1, 0.15) is 25.8 Å². The van der Waals surface area contributed by atoms with E-state index in [2.05, 4.69) is 13.8 Å². The first-order valence-electron chi connectivity index (χ1n) is 6.61. The fourth-order valence-electron chi connectivity index (χ4n) is 1.62. The topological polar surface area (TPSA) is 55.6 Å². The van der Waals surface area contributed by atoms with E-state index in [0.717, 1.165) is 11.3 Å². The molecule has 0 saturated heterocycles. The number of aryl methyl sites for hydroxylation is 1. The van der Waals surface area contributed by atoms with Crippen LogP contribution in [-0.2, 0) is 11.2 Å². The van der Waals surface area contributed by atoms with Crippen LogP contribution in [0.5, 0.6) is 5.75 Å². The highest BCUT2D eigenvalue weighted by Gasteiger charge is 2.07. The van der Waals surface area contributed by atoms with Crippen LogP contribution in [-0.4, -0.2) is 31.5 Å². The summed E-state index contributed by atoms with van der Waals surface area (Å²) in [6.07, 6.45) is 1.20. The molecule has 0 atom stereocenters. The molecule has 106 valence electrons. The number of hydrogen-bond acceptors (Lipinski definition) is 3. The van der Waals surface area contributed by atoms with Crippen LogP contribution >= 0.6 is 0 Å². The molecule has 2 N–H and O–H groups in total. The Morgan fingerprint density at radius 3 is 2.58 bits per heavy atom. The van der Waals surface area contributed by atoms with Gasteiger partial charge in [0.15, 0.2) is 0 Å². The second-order valence-corrected chi connectivity index (χ2v) is 5.37. The van der Waals surface area contributed by atoms with Crippen LogP contribution in [0.4, 0.5) is 5.69 Å². The highest BCUT2D eigenvalue weighted by molar-refractivity contribution is 5.75. The second-order valence-electron chi connectivity index (χ2n) is 5.37. The Morgan fingerprint density at radius 2 is 2.05 bits per heavy atom. The average molecular weight is 264 g/mol. The molecular weight excluding hydrogens is 240 g/mol. The van der Waals surface area contributed by atoms with E-state index < -0.39 is 0 Å². The molecule has 0 saturated carbocycles. The minimum absolute atomic E-state index is 0.124. The molecule has 1 aromatic carbocycles. The molecule has 4 nitrogen and oxygen atoms in total. The van der Waals surface area contributed by atoms with Gasteiger partial charge in [0.25, 0.3) is 0 Å². The first-order valence-corrected chi connectivity index (χ1v) is 6.61. The van der Waals surface area contributed by atoms with E-state index in [0.29, 0.717) is 31.1 Å². The zero-order valence-electron chi connectivity index (χ0n) is 12.3. The molecule has 0 fully saturated rings. The molecule has 1 amide bonds. The van der Waals surface area contributed by atoms with Crippen LogP contribution in [0.25, 0.3) is 0 Å². The molecule has 0 aliphatic rings. The van der Waals surface area contributed by atoms with Crippen molar-refractivity contribution >= 4 is 11.6 Å². The van der Waals surface area contributed by atoms with Gasteiger partial charge >= 0.3 is 0 Å². The number of anilines is 1. The Hall–Kier alpha value is -1.71. The van der Waals surface area contributed by atoms with Crippen molar-refractivity contribution in [3.63, 3.8) is 0 Å². The Kier molecular flexibility index (Phi) is 5.67. The Balaban J connectivity index is 2.59. The normalized spacial score (nSPS) is 10.6. The maximum Gasteiger partial charge on any atom is 0.222 e. The third-order valence-corrected chi connectivity index (χ3v) is 2.77. The van der Waals surface area contributed by atoms with Crippen molar-refractivity contribution in [1.29, 1.82) is 0 Å². The standard InChI is InChI=1S/C15H24N2O2/c1-11(2)10-19-14-7-5-12(9-13(14)16)6-8-15(18)17(3)4/h5,7,9,11H,6,8,10,16H2,1-4H3. The molecule has 0 aliphatic heterocycles. The molecule has 4 heteroatoms. The Morgan fingerprint density at radius 1 is 1.37 bits per heavy atom. The van der Waals surface area contributed by atoms with E-state index in [4.69, 9.17) is 10.5 Å². The minimum atomic E-state index is 0.124. The van der Waals surface area contributed by atoms with Crippen molar-refractivity contribution in [1.82, 2.24) is 4.90 Å². The van der Waals surface area contributed by atoms with Gasteiger partial charge < -0.3 is 15.4 Å². The lowest BCUT2D eigenvalue weighted by molar-refractivity contribution is -0.128. The van der Waals surface area contributed by atoms with E-state index in [1.165, 1.54) is 0 Å². The summed E-state index contributed by atoms with van der Waals surface area (Å²) in [5, 5.41) is 0. The quantitative estimate of drug-likeness (QED) is 0.802. The first kappa shape index (κ1) is 15.3. The number of carbonyl (C=O) groups excluding carboxylic acids is 1. The lowest BCUT2D eigenvalue weighted by atomic mass is 10.1. The lowest BCUT2D eigenvalue weighted by Crippen LogP contribution is -2.21. The number of benzene rings is 1. The predicted molar refractivity (Wildman–Crippen MR) is 78.2 cm³/mol. The molecule has 0 heterocycles. The summed E-state index contributed by atoms with van der Waals surface area (Å²) in [7, 11) is 3.53. The molecule has 0 radical (unpaired) electrons. The van der Waals surface area contributed by atoms with Crippen LogP contribution in [0, 0.1) is 5.92 Å². The van der Waals surface area contributed by atoms with Crippen molar-refractivity contribution in [3.8, 4) is 5.75 Å². The molecule has 0 spiro atoms. The van der Waals surface area contributed by atoms with Crippen LogP contribution in [0.3, 0.4) is 0 Å². The summed E-state index contributed by atoms with van der Waals surface area (Å²) in [6.45, 7) is 4.84. The summed E-state index contributed by atoms with van der Waals surface area (Å²) >= 11 is 0. The van der Waals surface area contributed by atoms with E-state index in [-0.39, 0.29) is 5.91 Å². The van der Waals surface area contributed by atoms with Crippen molar-refractivity contribution in [2.24, 2.45) is 5.92 Å². The fourth-order valence-corrected chi connectivity index (χ4v) is 1.62. The van der Waals surface area contributed by atoms with Gasteiger partial charge in [0.2, 0.25) is 5.91 Å². The molecular formula is C15H24N2O2. The van der Waals surface area contributed by atoms with E-state index in [1.54, 1.807) is 19.0 Å². The van der Waals surface area contributed by atoms with Gasteiger partial charge in [-0.25, -0.2) is 0 Å². The molecule has 0 aromatic heterocycles. The first-order chi connectivity index (χ1) is 8.90. The van der Waals surface area contributed by atoms with Gasteiger partial charge in [0, 0.05) is 20.5 Å². The van der Waals surface area contributed by atoms with E-state index >= 15 is 0 Å². The van der Waals surface area contributed by atoms with Crippen LogP contribution < -0.4 is 10.5 Å². The maximum absolute atomic E-state index is 11.5. The SMILES string of the molecule is CC(C)COc1ccc(CCC(=O)N(C)C)cc1N. The average Bonchev–Trinajstić information content (AvgIpc) is 2.34. The largest absolute Gasteiger partial charge is 0.491 e. The second kappa shape index (κ2) is 7.02.